The largest absolute Gasteiger partial charge is 0.319 e. The first-order valence-corrected chi connectivity index (χ1v) is 7.29. The molecule has 0 spiro atoms. The highest BCUT2D eigenvalue weighted by molar-refractivity contribution is 6.30. The van der Waals surface area contributed by atoms with Crippen molar-refractivity contribution in [1.29, 1.82) is 0 Å². The Morgan fingerprint density at radius 3 is 2.62 bits per heavy atom. The summed E-state index contributed by atoms with van der Waals surface area (Å²) < 4.78 is 27.0. The van der Waals surface area contributed by atoms with Crippen molar-refractivity contribution in [3.63, 3.8) is 0 Å². The fourth-order valence-corrected chi connectivity index (χ4v) is 2.73. The van der Waals surface area contributed by atoms with Gasteiger partial charge in [-0.25, -0.2) is 8.78 Å². The smallest absolute Gasteiger partial charge is 0.126 e. The van der Waals surface area contributed by atoms with Crippen LogP contribution >= 0.6 is 11.6 Å². The van der Waals surface area contributed by atoms with Crippen LogP contribution in [0.3, 0.4) is 0 Å². The Kier molecular flexibility index (Phi) is 5.71. The summed E-state index contributed by atoms with van der Waals surface area (Å²) in [5.41, 5.74) is 1.51. The number of halogens is 3. The molecule has 0 fully saturated rings. The highest BCUT2D eigenvalue weighted by Crippen LogP contribution is 2.19. The van der Waals surface area contributed by atoms with E-state index < -0.39 is 5.82 Å². The average Bonchev–Trinajstić information content (AvgIpc) is 2.43. The number of benzene rings is 2. The van der Waals surface area contributed by atoms with Crippen molar-refractivity contribution in [3.8, 4) is 0 Å². The summed E-state index contributed by atoms with van der Waals surface area (Å²) >= 11 is 5.99. The Labute approximate surface area is 128 Å². The van der Waals surface area contributed by atoms with Crippen LogP contribution in [0.15, 0.2) is 42.5 Å². The first-order chi connectivity index (χ1) is 10.1. The molecule has 1 atom stereocenters. The summed E-state index contributed by atoms with van der Waals surface area (Å²) in [7, 11) is 1.85. The SMILES string of the molecule is CNCC(Cc1cccc(Cl)c1)Cc1cc(F)ccc1F. The number of hydrogen-bond donors (Lipinski definition) is 1. The van der Waals surface area contributed by atoms with Gasteiger partial charge < -0.3 is 5.32 Å². The summed E-state index contributed by atoms with van der Waals surface area (Å²) in [6, 6.07) is 11.2. The van der Waals surface area contributed by atoms with E-state index in [0.717, 1.165) is 24.6 Å². The normalized spacial score (nSPS) is 12.4. The van der Waals surface area contributed by atoms with Crippen LogP contribution in [0.1, 0.15) is 11.1 Å². The van der Waals surface area contributed by atoms with Gasteiger partial charge in [-0.3, -0.25) is 0 Å². The third-order valence-electron chi connectivity index (χ3n) is 3.42. The molecule has 0 heterocycles. The molecule has 0 amide bonds. The maximum absolute atomic E-state index is 13.8. The Morgan fingerprint density at radius 1 is 1.10 bits per heavy atom. The molecule has 0 bridgehead atoms. The lowest BCUT2D eigenvalue weighted by Crippen LogP contribution is -2.23. The fraction of sp³-hybridized carbons (Fsp3) is 0.294. The standard InChI is InChI=1S/C17H18ClF2N/c1-21-11-13(7-12-3-2-4-15(18)9-12)8-14-10-16(19)5-6-17(14)20/h2-6,9-10,13,21H,7-8,11H2,1H3. The molecule has 0 saturated heterocycles. The first-order valence-electron chi connectivity index (χ1n) is 6.91. The van der Waals surface area contributed by atoms with Crippen LogP contribution in [0.25, 0.3) is 0 Å². The molecule has 0 aliphatic carbocycles. The van der Waals surface area contributed by atoms with Crippen LogP contribution < -0.4 is 5.32 Å². The fourth-order valence-electron chi connectivity index (χ4n) is 2.51. The molecule has 2 aromatic carbocycles. The minimum absolute atomic E-state index is 0.171. The zero-order chi connectivity index (χ0) is 15.2. The van der Waals surface area contributed by atoms with Gasteiger partial charge >= 0.3 is 0 Å². The van der Waals surface area contributed by atoms with Crippen molar-refractivity contribution in [2.75, 3.05) is 13.6 Å². The molecule has 0 aliphatic heterocycles. The molecule has 2 aromatic rings. The number of hydrogen-bond acceptors (Lipinski definition) is 1. The van der Waals surface area contributed by atoms with Gasteiger partial charge in [0.05, 0.1) is 0 Å². The lowest BCUT2D eigenvalue weighted by atomic mass is 9.92. The maximum atomic E-state index is 13.8. The van der Waals surface area contributed by atoms with Gasteiger partial charge in [0.1, 0.15) is 11.6 Å². The molecule has 0 aromatic heterocycles. The second kappa shape index (κ2) is 7.53. The van der Waals surface area contributed by atoms with Gasteiger partial charge in [0, 0.05) is 5.02 Å². The summed E-state index contributed by atoms with van der Waals surface area (Å²) in [6.45, 7) is 0.725. The van der Waals surface area contributed by atoms with E-state index in [0.29, 0.717) is 17.0 Å². The molecular weight excluding hydrogens is 292 g/mol. The maximum Gasteiger partial charge on any atom is 0.126 e. The van der Waals surface area contributed by atoms with Crippen molar-refractivity contribution in [1.82, 2.24) is 5.32 Å². The average molecular weight is 310 g/mol. The van der Waals surface area contributed by atoms with E-state index >= 15 is 0 Å². The minimum Gasteiger partial charge on any atom is -0.319 e. The predicted octanol–water partition coefficient (Wildman–Crippen LogP) is 4.24. The van der Waals surface area contributed by atoms with Crippen molar-refractivity contribution < 1.29 is 8.78 Å². The summed E-state index contributed by atoms with van der Waals surface area (Å²) in [6.07, 6.45) is 1.24. The molecule has 21 heavy (non-hydrogen) atoms. The summed E-state index contributed by atoms with van der Waals surface area (Å²) in [5, 5.41) is 3.80. The van der Waals surface area contributed by atoms with Gasteiger partial charge in [0.2, 0.25) is 0 Å². The second-order valence-corrected chi connectivity index (χ2v) is 5.63. The zero-order valence-corrected chi connectivity index (χ0v) is 12.6. The van der Waals surface area contributed by atoms with Gasteiger partial charge in [0.15, 0.2) is 0 Å². The van der Waals surface area contributed by atoms with E-state index in [2.05, 4.69) is 5.32 Å². The van der Waals surface area contributed by atoms with E-state index in [-0.39, 0.29) is 11.7 Å². The van der Waals surface area contributed by atoms with Gasteiger partial charge in [-0.05, 0) is 73.8 Å². The van der Waals surface area contributed by atoms with Crippen LogP contribution in [0.2, 0.25) is 5.02 Å². The minimum atomic E-state index is -0.405. The Hall–Kier alpha value is -1.45. The highest BCUT2D eigenvalue weighted by Gasteiger charge is 2.14. The second-order valence-electron chi connectivity index (χ2n) is 5.20. The van der Waals surface area contributed by atoms with Gasteiger partial charge in [-0.2, -0.15) is 0 Å². The topological polar surface area (TPSA) is 12.0 Å². The quantitative estimate of drug-likeness (QED) is 0.841. The van der Waals surface area contributed by atoms with Crippen LogP contribution in [-0.4, -0.2) is 13.6 Å². The molecule has 0 radical (unpaired) electrons. The van der Waals surface area contributed by atoms with Crippen molar-refractivity contribution in [2.24, 2.45) is 5.92 Å². The molecule has 0 saturated carbocycles. The molecule has 112 valence electrons. The molecule has 1 N–H and O–H groups in total. The highest BCUT2D eigenvalue weighted by atomic mass is 35.5. The number of nitrogens with one attached hydrogen (secondary N) is 1. The summed E-state index contributed by atoms with van der Waals surface area (Å²) in [5.74, 6) is -0.592. The molecule has 2 rings (SSSR count). The van der Waals surface area contributed by atoms with E-state index in [1.54, 1.807) is 0 Å². The lowest BCUT2D eigenvalue weighted by Gasteiger charge is -2.17. The Bertz CT molecular complexity index is 601. The van der Waals surface area contributed by atoms with Crippen LogP contribution in [0.5, 0.6) is 0 Å². The molecular formula is C17H18ClF2N. The third-order valence-corrected chi connectivity index (χ3v) is 3.66. The van der Waals surface area contributed by atoms with Crippen molar-refractivity contribution in [2.45, 2.75) is 12.8 Å². The van der Waals surface area contributed by atoms with E-state index in [9.17, 15) is 8.78 Å². The van der Waals surface area contributed by atoms with E-state index in [1.807, 2.05) is 31.3 Å². The first kappa shape index (κ1) is 15.9. The molecule has 0 aliphatic rings. The van der Waals surface area contributed by atoms with Gasteiger partial charge in [-0.15, -0.1) is 0 Å². The van der Waals surface area contributed by atoms with E-state index in [1.165, 1.54) is 12.1 Å². The Balaban J connectivity index is 2.13. The summed E-state index contributed by atoms with van der Waals surface area (Å²) in [4.78, 5) is 0. The number of rotatable bonds is 6. The van der Waals surface area contributed by atoms with Gasteiger partial charge in [-0.1, -0.05) is 23.7 Å². The monoisotopic (exact) mass is 309 g/mol. The van der Waals surface area contributed by atoms with Gasteiger partial charge in [0.25, 0.3) is 0 Å². The van der Waals surface area contributed by atoms with E-state index in [4.69, 9.17) is 11.6 Å². The lowest BCUT2D eigenvalue weighted by molar-refractivity contribution is 0.477. The third kappa shape index (κ3) is 4.80. The van der Waals surface area contributed by atoms with Crippen LogP contribution in [0, 0.1) is 17.6 Å². The van der Waals surface area contributed by atoms with Crippen molar-refractivity contribution in [3.05, 3.63) is 70.2 Å². The van der Waals surface area contributed by atoms with Crippen LogP contribution in [-0.2, 0) is 12.8 Å². The Morgan fingerprint density at radius 2 is 1.90 bits per heavy atom. The zero-order valence-electron chi connectivity index (χ0n) is 11.9. The molecule has 1 nitrogen and oxygen atoms in total. The van der Waals surface area contributed by atoms with Crippen molar-refractivity contribution >= 4 is 11.6 Å². The molecule has 1 unspecified atom stereocenters. The molecule has 4 heteroatoms. The van der Waals surface area contributed by atoms with Crippen LogP contribution in [0.4, 0.5) is 8.78 Å². The predicted molar refractivity (Wildman–Crippen MR) is 82.6 cm³/mol.